The van der Waals surface area contributed by atoms with Crippen LogP contribution in [0.25, 0.3) is 0 Å². The van der Waals surface area contributed by atoms with E-state index in [1.54, 1.807) is 69.9 Å². The van der Waals surface area contributed by atoms with Gasteiger partial charge in [-0.05, 0) is 131 Å². The maximum atomic E-state index is 14.9. The number of hydrogen-bond donors (Lipinski definition) is 17. The molecule has 0 aromatic heterocycles. The van der Waals surface area contributed by atoms with Gasteiger partial charge in [-0.3, -0.25) is 91.1 Å². The van der Waals surface area contributed by atoms with Crippen molar-refractivity contribution in [2.45, 2.75) is 244 Å². The molecule has 0 saturated carbocycles. The van der Waals surface area contributed by atoms with Gasteiger partial charge in [0.25, 0.3) is 5.91 Å². The molecule has 730 valence electrons. The van der Waals surface area contributed by atoms with Gasteiger partial charge in [-0.2, -0.15) is 0 Å². The minimum absolute atomic E-state index is 0.0251. The summed E-state index contributed by atoms with van der Waals surface area (Å²) in [4.78, 5) is 261. The molecule has 0 bridgehead atoms. The summed E-state index contributed by atoms with van der Waals surface area (Å²) in [6.07, 6.45) is -9.57. The molecule has 17 atom stereocenters. The summed E-state index contributed by atoms with van der Waals surface area (Å²) in [5.74, 6) is -30.0. The number of methoxy groups -OCH3 is 1. The summed E-state index contributed by atoms with van der Waals surface area (Å²) in [6.45, 7) is 9.02. The van der Waals surface area contributed by atoms with E-state index in [1.807, 2.05) is 0 Å². The number of aliphatic carboxylic acids is 3. The Kier molecular flexibility index (Phi) is 50.4. The Morgan fingerprint density at radius 2 is 0.947 bits per heavy atom. The van der Waals surface area contributed by atoms with Crippen molar-refractivity contribution in [2.75, 3.05) is 58.0 Å². The van der Waals surface area contributed by atoms with Crippen molar-refractivity contribution in [3.8, 4) is 11.5 Å². The Hall–Kier alpha value is -11.1. The monoisotopic (exact) mass is 1870 g/mol. The second-order valence-corrected chi connectivity index (χ2v) is 35.6. The second kappa shape index (κ2) is 58.7. The molecular weight excluding hydrogens is 1740 g/mol. The summed E-state index contributed by atoms with van der Waals surface area (Å²) < 4.78 is 5.15. The molecule has 18 N–H and O–H groups in total. The molecule has 38 nitrogen and oxygen atoms in total. The predicted molar refractivity (Wildman–Crippen MR) is 480 cm³/mol. The van der Waals surface area contributed by atoms with E-state index >= 15 is 0 Å². The number of aromatic hydroxyl groups is 2. The van der Waals surface area contributed by atoms with Gasteiger partial charge in [0, 0.05) is 102 Å². The standard InChI is InChI=1S/C93H133N9O29S/c1-9-53(4)85(80(116)41-61(35-58-20-25-65(107)26-21-58)88(125)97-72(34-52(2)3)76(112)39-62(43-83(119)120)87(124)96-54(5)16-13-14-31-94)101-90(127)64(48-103)42-77(113)73(37-59-22-27-66(108)28-23-59)98-89(126)63(44-84(121)122)40-78(114)75(49-104)100-92(129)71(56(7)106)46-79(115)74(36-57-17-11-10-12-18-57)99-91(128)70(55(6)105)45-68(110)47-95-86(123)60(24-29-82(117)118)38-69(111)51-132-50-67(109)19-15-32-102-33-30-81(131-8)93(102)130/h10-12,17-18,20-23,25-28,52-56,60-64,70-75,81,85,103-108H,9,13-16,19,24,29-51,94H2,1-8H3,(H,95,123)(H,96,124)(H,97,125)(H,98,126)(H,99,128)(H,100,129)(H,101,127)(H,117,118)(H,119,120)(H,121,122)/t53-,54+,55+,56+,60+,61+,62-,63-,64-,70-,71-,72-,73-,74-,75-,81-,85-/m0/s1. The van der Waals surface area contributed by atoms with E-state index < -0.39 is 286 Å². The summed E-state index contributed by atoms with van der Waals surface area (Å²) in [5, 5.41) is 111. The van der Waals surface area contributed by atoms with E-state index in [9.17, 15) is 137 Å². The third-order valence-electron chi connectivity index (χ3n) is 23.1. The first-order chi connectivity index (χ1) is 62.4. The summed E-state index contributed by atoms with van der Waals surface area (Å²) in [5.41, 5.74) is 6.77. The van der Waals surface area contributed by atoms with E-state index in [-0.39, 0.29) is 90.7 Å². The molecule has 0 aliphatic carbocycles. The van der Waals surface area contributed by atoms with Crippen LogP contribution >= 0.6 is 11.8 Å². The second-order valence-electron chi connectivity index (χ2n) is 34.6. The van der Waals surface area contributed by atoms with Gasteiger partial charge in [0.05, 0.1) is 110 Å². The van der Waals surface area contributed by atoms with Crippen LogP contribution in [0.5, 0.6) is 11.5 Å². The van der Waals surface area contributed by atoms with E-state index in [0.29, 0.717) is 62.9 Å². The minimum atomic E-state index is -1.99. The van der Waals surface area contributed by atoms with Crippen LogP contribution < -0.4 is 43.0 Å². The number of ketones is 8. The number of nitrogens with zero attached hydrogens (tertiary/aromatic N) is 1. The number of amides is 8. The molecule has 1 aliphatic rings. The summed E-state index contributed by atoms with van der Waals surface area (Å²) in [7, 11) is 1.44. The average Bonchev–Trinajstić information content (AvgIpc) is 1.03. The van der Waals surface area contributed by atoms with Crippen molar-refractivity contribution in [2.24, 2.45) is 59.0 Å². The topological polar surface area (TPSA) is 629 Å². The summed E-state index contributed by atoms with van der Waals surface area (Å²) in [6, 6.07) is 10.4. The largest absolute Gasteiger partial charge is 0.508 e. The highest BCUT2D eigenvalue weighted by atomic mass is 32.2. The molecule has 1 saturated heterocycles. The van der Waals surface area contributed by atoms with Gasteiger partial charge in [0.15, 0.2) is 34.7 Å². The Morgan fingerprint density at radius 3 is 1.46 bits per heavy atom. The van der Waals surface area contributed by atoms with Crippen LogP contribution in [-0.4, -0.2) is 275 Å². The number of nitrogens with two attached hydrogens (primary N) is 1. The molecule has 0 spiro atoms. The highest BCUT2D eigenvalue weighted by Gasteiger charge is 2.41. The number of carbonyl (C=O) groups is 19. The Morgan fingerprint density at radius 1 is 0.470 bits per heavy atom. The molecule has 0 unspecified atom stereocenters. The number of hydrogen-bond acceptors (Lipinski definition) is 28. The lowest BCUT2D eigenvalue weighted by atomic mass is 9.85. The van der Waals surface area contributed by atoms with Gasteiger partial charge in [0.2, 0.25) is 41.4 Å². The number of rotatable bonds is 68. The highest BCUT2D eigenvalue weighted by molar-refractivity contribution is 8.00. The predicted octanol–water partition coefficient (Wildman–Crippen LogP) is 2.31. The summed E-state index contributed by atoms with van der Waals surface area (Å²) >= 11 is 0.990. The van der Waals surface area contributed by atoms with Gasteiger partial charge in [-0.25, -0.2) is 0 Å². The van der Waals surface area contributed by atoms with E-state index in [4.69, 9.17) is 10.5 Å². The highest BCUT2D eigenvalue weighted by Crippen LogP contribution is 2.27. The first-order valence-electron chi connectivity index (χ1n) is 44.6. The van der Waals surface area contributed by atoms with Crippen LogP contribution in [0, 0.1) is 53.3 Å². The van der Waals surface area contributed by atoms with Crippen molar-refractivity contribution in [3.05, 3.63) is 95.6 Å². The van der Waals surface area contributed by atoms with Crippen LogP contribution in [0.1, 0.15) is 187 Å². The van der Waals surface area contributed by atoms with Crippen LogP contribution in [0.4, 0.5) is 0 Å². The van der Waals surface area contributed by atoms with Crippen molar-refractivity contribution < 1.29 is 142 Å². The Bertz CT molecular complexity index is 4380. The van der Waals surface area contributed by atoms with E-state index in [0.717, 1.165) is 25.6 Å². The maximum Gasteiger partial charge on any atom is 0.304 e. The third-order valence-corrected chi connectivity index (χ3v) is 24.2. The average molecular weight is 1870 g/mol. The number of Topliss-reactive ketones (excluding diaryl/α,β-unsaturated/α-hetero) is 8. The molecule has 8 amide bonds. The number of carbonyl (C=O) groups excluding carboxylic acids is 16. The number of ether oxygens (including phenoxy) is 1. The fourth-order valence-corrected chi connectivity index (χ4v) is 16.0. The lowest BCUT2D eigenvalue weighted by molar-refractivity contribution is -0.143. The smallest absolute Gasteiger partial charge is 0.304 e. The quantitative estimate of drug-likeness (QED) is 0.0361. The van der Waals surface area contributed by atoms with Crippen LogP contribution in [0.15, 0.2) is 78.9 Å². The molecule has 39 heteroatoms. The lowest BCUT2D eigenvalue weighted by Gasteiger charge is -2.28. The Balaban J connectivity index is 1.52. The fraction of sp³-hybridized carbons (Fsp3) is 0.602. The number of phenols is 2. The maximum absolute atomic E-state index is 14.9. The first-order valence-corrected chi connectivity index (χ1v) is 45.8. The minimum Gasteiger partial charge on any atom is -0.508 e. The van der Waals surface area contributed by atoms with Gasteiger partial charge < -0.3 is 98.5 Å². The van der Waals surface area contributed by atoms with Gasteiger partial charge in [-0.1, -0.05) is 95.1 Å². The number of carboxylic acid groups (broad SMARTS) is 3. The van der Waals surface area contributed by atoms with Crippen LogP contribution in [0.2, 0.25) is 0 Å². The lowest BCUT2D eigenvalue weighted by Crippen LogP contribution is -2.52. The van der Waals surface area contributed by atoms with Gasteiger partial charge in [0.1, 0.15) is 35.2 Å². The van der Waals surface area contributed by atoms with Crippen molar-refractivity contribution >= 4 is 123 Å². The zero-order valence-corrected chi connectivity index (χ0v) is 77.1. The number of likely N-dealkylation sites (tertiary alicyclic amines) is 1. The van der Waals surface area contributed by atoms with Gasteiger partial charge in [-0.15, -0.1) is 11.8 Å². The van der Waals surface area contributed by atoms with Crippen LogP contribution in [-0.2, 0) is 115 Å². The molecule has 3 aromatic carbocycles. The normalized spacial score (nSPS) is 16.2. The van der Waals surface area contributed by atoms with E-state index in [2.05, 4.69) is 37.2 Å². The molecule has 4 rings (SSSR count). The molecule has 1 heterocycles. The number of carboxylic acids is 3. The molecular formula is C93H133N9O29S. The number of nitrogens with one attached hydrogen (secondary N) is 7. The van der Waals surface area contributed by atoms with Crippen molar-refractivity contribution in [3.63, 3.8) is 0 Å². The first kappa shape index (κ1) is 113. The van der Waals surface area contributed by atoms with Gasteiger partial charge >= 0.3 is 17.9 Å². The number of phenolic OH excluding ortho intramolecular Hbond substituents is 2. The molecule has 3 aromatic rings. The van der Waals surface area contributed by atoms with Crippen molar-refractivity contribution in [1.82, 2.24) is 42.1 Å². The number of benzene rings is 3. The van der Waals surface area contributed by atoms with Crippen molar-refractivity contribution in [1.29, 1.82) is 0 Å². The third kappa shape index (κ3) is 40.9. The Labute approximate surface area is 771 Å². The molecule has 0 radical (unpaired) electrons. The number of aliphatic hydroxyl groups is 4. The zero-order valence-electron chi connectivity index (χ0n) is 76.2. The number of unbranched alkanes of at least 4 members (excludes halogenated alkanes) is 1. The fourth-order valence-electron chi connectivity index (χ4n) is 15.2. The van der Waals surface area contributed by atoms with E-state index in [1.165, 1.54) is 55.6 Å². The molecule has 132 heavy (non-hydrogen) atoms. The SMILES string of the molecule is CC[C@H](C)[C@H](NC(=O)[C@H](CO)CC(=O)[C@H](Cc1ccc(O)cc1)NC(=O)[C@H](CC(=O)O)CC(=O)[C@H](CO)NC(=O)[C@@H](CC(=O)[C@H](Cc1ccccc1)NC(=O)[C@@H](CC(=O)CNC(=O)[C@H](CCC(=O)O)CC(=O)CSCC(=O)CCCN1CC[C@H](OC)C1=O)[C@@H](C)O)[C@@H](C)O)C(=O)C[C@@H](Cc1ccc(O)cc1)C(=O)N[C@@H](CC(C)C)C(=O)C[C@@H](CC(=O)O)C(=O)N[C@H](C)CCCCN. The zero-order chi connectivity index (χ0) is 98.6. The molecule has 1 fully saturated rings. The number of thioether (sulfide) groups is 1. The number of aliphatic hydroxyl groups excluding tert-OH is 4. The van der Waals surface area contributed by atoms with Crippen LogP contribution in [0.3, 0.4) is 0 Å². The molecule has 1 aliphatic heterocycles.